The molecule has 8 nitrogen and oxygen atoms in total. The molecule has 0 atom stereocenters. The van der Waals surface area contributed by atoms with Crippen LogP contribution in [0.15, 0.2) is 4.42 Å². The minimum Gasteiger partial charge on any atom is -0.462 e. The zero-order chi connectivity index (χ0) is 17.7. The number of carbonyl (C=O) groups is 3. The number of ketones is 1. The summed E-state index contributed by atoms with van der Waals surface area (Å²) in [6, 6.07) is 0. The van der Waals surface area contributed by atoms with Gasteiger partial charge in [-0.3, -0.25) is 14.9 Å². The maximum absolute atomic E-state index is 12.2. The van der Waals surface area contributed by atoms with Gasteiger partial charge in [-0.2, -0.15) is 0 Å². The lowest BCUT2D eigenvalue weighted by molar-refractivity contribution is -0.899. The molecule has 0 aliphatic carbocycles. The molecule has 1 amide bonds. The lowest BCUT2D eigenvalue weighted by Crippen LogP contribution is -3.15. The first-order valence-corrected chi connectivity index (χ1v) is 7.96. The van der Waals surface area contributed by atoms with Gasteiger partial charge in [0.25, 0.3) is 5.91 Å². The van der Waals surface area contributed by atoms with E-state index in [1.165, 1.54) is 6.92 Å². The van der Waals surface area contributed by atoms with Crippen LogP contribution < -0.4 is 10.2 Å². The van der Waals surface area contributed by atoms with Crippen LogP contribution in [0.2, 0.25) is 0 Å². The molecule has 2 heterocycles. The molecule has 0 aromatic carbocycles. The largest absolute Gasteiger partial charge is 0.462 e. The third-order valence-electron chi connectivity index (χ3n) is 3.78. The molecule has 2 N–H and O–H groups in total. The van der Waals surface area contributed by atoms with Gasteiger partial charge in [0, 0.05) is 0 Å². The Labute approximate surface area is 140 Å². The Bertz CT molecular complexity index is 631. The minimum absolute atomic E-state index is 0.0211. The van der Waals surface area contributed by atoms with Crippen molar-refractivity contribution in [3.05, 3.63) is 16.9 Å². The molecular weight excluding hydrogens is 316 g/mol. The monoisotopic (exact) mass is 339 g/mol. The van der Waals surface area contributed by atoms with Crippen molar-refractivity contribution < 1.29 is 33.2 Å². The quantitative estimate of drug-likeness (QED) is 0.551. The second-order valence-electron chi connectivity index (χ2n) is 5.60. The van der Waals surface area contributed by atoms with Crippen molar-refractivity contribution in [1.29, 1.82) is 0 Å². The van der Waals surface area contributed by atoms with Gasteiger partial charge >= 0.3 is 5.97 Å². The Morgan fingerprint density at radius 2 is 1.88 bits per heavy atom. The first-order chi connectivity index (χ1) is 11.4. The van der Waals surface area contributed by atoms with Crippen LogP contribution in [-0.4, -0.2) is 57.1 Å². The topological polar surface area (TPSA) is 99.3 Å². The normalized spacial score (nSPS) is 15.1. The number of rotatable bonds is 6. The highest BCUT2D eigenvalue weighted by Gasteiger charge is 2.29. The first-order valence-electron chi connectivity index (χ1n) is 7.96. The predicted molar refractivity (Wildman–Crippen MR) is 84.4 cm³/mol. The highest BCUT2D eigenvalue weighted by molar-refractivity contribution is 6.10. The standard InChI is InChI=1S/C16H22N2O6/c1-4-23-16(21)14-13(10(2)19)11(3)24-15(14)17-12(20)9-18-5-7-22-8-6-18/h4-9H2,1-3H3,(H,17,20)/p+1. The summed E-state index contributed by atoms with van der Waals surface area (Å²) in [5.74, 6) is -1.05. The summed E-state index contributed by atoms with van der Waals surface area (Å²) >= 11 is 0. The smallest absolute Gasteiger partial charge is 0.344 e. The van der Waals surface area contributed by atoms with Crippen molar-refractivity contribution >= 4 is 23.5 Å². The molecule has 0 spiro atoms. The van der Waals surface area contributed by atoms with Gasteiger partial charge in [0.05, 0.1) is 25.4 Å². The molecule has 8 heteroatoms. The number of ether oxygens (including phenoxy) is 2. The Morgan fingerprint density at radius 3 is 2.46 bits per heavy atom. The number of hydrogen-bond donors (Lipinski definition) is 2. The van der Waals surface area contributed by atoms with E-state index in [0.717, 1.165) is 18.0 Å². The first kappa shape index (κ1) is 18.2. The molecule has 0 saturated carbocycles. The molecule has 1 aromatic heterocycles. The number of anilines is 1. The van der Waals surface area contributed by atoms with Crippen LogP contribution in [0.3, 0.4) is 0 Å². The summed E-state index contributed by atoms with van der Waals surface area (Å²) in [6.45, 7) is 7.69. The van der Waals surface area contributed by atoms with E-state index < -0.39 is 5.97 Å². The Hall–Kier alpha value is -2.19. The van der Waals surface area contributed by atoms with Gasteiger partial charge in [-0.05, 0) is 20.8 Å². The third kappa shape index (κ3) is 4.21. The zero-order valence-electron chi connectivity index (χ0n) is 14.2. The van der Waals surface area contributed by atoms with E-state index in [1.807, 2.05) is 0 Å². The second kappa shape index (κ2) is 8.07. The van der Waals surface area contributed by atoms with Crippen LogP contribution in [0, 0.1) is 6.92 Å². The molecule has 24 heavy (non-hydrogen) atoms. The zero-order valence-corrected chi connectivity index (χ0v) is 14.2. The van der Waals surface area contributed by atoms with E-state index >= 15 is 0 Å². The van der Waals surface area contributed by atoms with Crippen LogP contribution in [-0.2, 0) is 14.3 Å². The summed E-state index contributed by atoms with van der Waals surface area (Å²) in [5, 5.41) is 2.59. The molecule has 1 fully saturated rings. The summed E-state index contributed by atoms with van der Waals surface area (Å²) in [7, 11) is 0. The predicted octanol–water partition coefficient (Wildman–Crippen LogP) is -0.179. The van der Waals surface area contributed by atoms with Crippen molar-refractivity contribution in [3.63, 3.8) is 0 Å². The second-order valence-corrected chi connectivity index (χ2v) is 5.60. The van der Waals surface area contributed by atoms with E-state index in [-0.39, 0.29) is 47.6 Å². The van der Waals surface area contributed by atoms with Crippen molar-refractivity contribution in [2.75, 3.05) is 44.8 Å². The minimum atomic E-state index is -0.687. The van der Waals surface area contributed by atoms with E-state index in [0.29, 0.717) is 13.2 Å². The number of morpholine rings is 1. The van der Waals surface area contributed by atoms with Gasteiger partial charge in [0.15, 0.2) is 12.3 Å². The van der Waals surface area contributed by atoms with Crippen LogP contribution in [0.1, 0.15) is 40.3 Å². The number of quaternary nitrogens is 1. The fraction of sp³-hybridized carbons (Fsp3) is 0.562. The van der Waals surface area contributed by atoms with Crippen molar-refractivity contribution in [1.82, 2.24) is 0 Å². The number of esters is 1. The van der Waals surface area contributed by atoms with Crippen molar-refractivity contribution in [3.8, 4) is 0 Å². The lowest BCUT2D eigenvalue weighted by atomic mass is 10.1. The van der Waals surface area contributed by atoms with Crippen LogP contribution in [0.5, 0.6) is 0 Å². The van der Waals surface area contributed by atoms with Crippen molar-refractivity contribution in [2.45, 2.75) is 20.8 Å². The average Bonchev–Trinajstić information content (AvgIpc) is 2.84. The number of furan rings is 1. The summed E-state index contributed by atoms with van der Waals surface area (Å²) < 4.78 is 15.7. The maximum Gasteiger partial charge on any atom is 0.344 e. The van der Waals surface area contributed by atoms with Gasteiger partial charge < -0.3 is 18.8 Å². The average molecular weight is 339 g/mol. The van der Waals surface area contributed by atoms with Crippen LogP contribution in [0.4, 0.5) is 5.88 Å². The van der Waals surface area contributed by atoms with Gasteiger partial charge in [-0.25, -0.2) is 4.79 Å². The lowest BCUT2D eigenvalue weighted by Gasteiger charge is -2.22. The molecule has 2 rings (SSSR count). The number of amides is 1. The molecule has 0 bridgehead atoms. The fourth-order valence-electron chi connectivity index (χ4n) is 2.69. The van der Waals surface area contributed by atoms with Gasteiger partial charge in [-0.15, -0.1) is 0 Å². The van der Waals surface area contributed by atoms with Gasteiger partial charge in [0.1, 0.15) is 24.4 Å². The van der Waals surface area contributed by atoms with Crippen LogP contribution >= 0.6 is 0 Å². The molecule has 1 aromatic rings. The van der Waals surface area contributed by atoms with E-state index in [2.05, 4.69) is 5.32 Å². The van der Waals surface area contributed by atoms with Crippen molar-refractivity contribution in [2.24, 2.45) is 0 Å². The maximum atomic E-state index is 12.2. The number of aryl methyl sites for hydroxylation is 1. The van der Waals surface area contributed by atoms with E-state index in [4.69, 9.17) is 13.9 Å². The Morgan fingerprint density at radius 1 is 1.21 bits per heavy atom. The Balaban J connectivity index is 2.19. The fourth-order valence-corrected chi connectivity index (χ4v) is 2.69. The summed E-state index contributed by atoms with van der Waals surface area (Å²) in [4.78, 5) is 37.3. The SMILES string of the molecule is CCOC(=O)c1c(NC(=O)C[NH+]2CCOCC2)oc(C)c1C(C)=O. The molecule has 1 aliphatic rings. The van der Waals surface area contributed by atoms with E-state index in [1.54, 1.807) is 13.8 Å². The third-order valence-corrected chi connectivity index (χ3v) is 3.78. The van der Waals surface area contributed by atoms with E-state index in [9.17, 15) is 14.4 Å². The summed E-state index contributed by atoms with van der Waals surface area (Å²) in [6.07, 6.45) is 0. The number of carbonyl (C=O) groups excluding carboxylic acids is 3. The molecule has 1 saturated heterocycles. The molecule has 0 unspecified atom stereocenters. The molecule has 0 radical (unpaired) electrons. The number of hydrogen-bond acceptors (Lipinski definition) is 6. The van der Waals surface area contributed by atoms with Crippen LogP contribution in [0.25, 0.3) is 0 Å². The Kier molecular flexibility index (Phi) is 6.10. The summed E-state index contributed by atoms with van der Waals surface area (Å²) in [5.41, 5.74) is 0.120. The van der Waals surface area contributed by atoms with Gasteiger partial charge in [0.2, 0.25) is 5.88 Å². The molecule has 132 valence electrons. The molecule has 1 aliphatic heterocycles. The molecular formula is C16H23N2O6+. The number of nitrogens with one attached hydrogen (secondary N) is 2. The highest BCUT2D eigenvalue weighted by Crippen LogP contribution is 2.28. The highest BCUT2D eigenvalue weighted by atomic mass is 16.5. The number of Topliss-reactive ketones (excluding diaryl/α,β-unsaturated/α-hetero) is 1. The van der Waals surface area contributed by atoms with Gasteiger partial charge in [-0.1, -0.05) is 0 Å².